The third-order valence-corrected chi connectivity index (χ3v) is 2.30. The molecular weight excluding hydrogens is 194 g/mol. The molecule has 0 aliphatic carbocycles. The monoisotopic (exact) mass is 211 g/mol. The summed E-state index contributed by atoms with van der Waals surface area (Å²) in [5.41, 5.74) is 0. The molecule has 0 spiro atoms. The summed E-state index contributed by atoms with van der Waals surface area (Å²) in [5, 5.41) is 12.0. The van der Waals surface area contributed by atoms with Crippen LogP contribution in [0.2, 0.25) is 0 Å². The smallest absolute Gasteiger partial charge is 0.320 e. The van der Waals surface area contributed by atoms with Gasteiger partial charge in [0.25, 0.3) is 0 Å². The maximum atomic E-state index is 10.9. The highest BCUT2D eigenvalue weighted by molar-refractivity contribution is 5.73. The van der Waals surface area contributed by atoms with Crippen LogP contribution in [0.1, 0.15) is 38.5 Å². The average Bonchev–Trinajstić information content (AvgIpc) is 2.69. The predicted octanol–water partition coefficient (Wildman–Crippen LogP) is 2.18. The predicted molar refractivity (Wildman–Crippen MR) is 56.6 cm³/mol. The van der Waals surface area contributed by atoms with E-state index in [2.05, 4.69) is 5.32 Å². The first-order valence-electron chi connectivity index (χ1n) is 5.17. The number of aliphatic carboxylic acids is 1. The Morgan fingerprint density at radius 2 is 2.40 bits per heavy atom. The van der Waals surface area contributed by atoms with Gasteiger partial charge in [0.2, 0.25) is 0 Å². The van der Waals surface area contributed by atoms with E-state index in [0.717, 1.165) is 12.2 Å². The molecule has 4 heteroatoms. The van der Waals surface area contributed by atoms with Crippen molar-refractivity contribution in [1.29, 1.82) is 0 Å². The maximum Gasteiger partial charge on any atom is 0.320 e. The summed E-state index contributed by atoms with van der Waals surface area (Å²) in [7, 11) is 0. The summed E-state index contributed by atoms with van der Waals surface area (Å²) in [4.78, 5) is 10.9. The molecule has 0 aromatic carbocycles. The van der Waals surface area contributed by atoms with E-state index in [9.17, 15) is 4.79 Å². The second-order valence-electron chi connectivity index (χ2n) is 3.58. The molecule has 1 heterocycles. The van der Waals surface area contributed by atoms with Crippen LogP contribution < -0.4 is 5.32 Å². The number of nitrogens with one attached hydrogen (secondary N) is 1. The summed E-state index contributed by atoms with van der Waals surface area (Å²) in [5.74, 6) is -0.0485. The number of hydrogen-bond acceptors (Lipinski definition) is 3. The second-order valence-corrected chi connectivity index (χ2v) is 3.58. The van der Waals surface area contributed by atoms with E-state index in [1.807, 2.05) is 19.9 Å². The van der Waals surface area contributed by atoms with E-state index in [1.54, 1.807) is 12.3 Å². The van der Waals surface area contributed by atoms with Crippen LogP contribution >= 0.6 is 0 Å². The van der Waals surface area contributed by atoms with Crippen molar-refractivity contribution in [2.75, 3.05) is 0 Å². The Bertz CT molecular complexity index is 295. The highest BCUT2D eigenvalue weighted by Crippen LogP contribution is 2.14. The van der Waals surface area contributed by atoms with Crippen LogP contribution in [0.15, 0.2) is 22.8 Å². The molecule has 1 aromatic heterocycles. The molecule has 0 radical (unpaired) electrons. The first-order chi connectivity index (χ1) is 7.15. The lowest BCUT2D eigenvalue weighted by Crippen LogP contribution is -2.38. The molecule has 0 aliphatic rings. The van der Waals surface area contributed by atoms with Crippen molar-refractivity contribution >= 4 is 5.97 Å². The Balaban J connectivity index is 2.54. The van der Waals surface area contributed by atoms with Crippen molar-refractivity contribution in [3.05, 3.63) is 24.2 Å². The van der Waals surface area contributed by atoms with E-state index >= 15 is 0 Å². The fourth-order valence-electron chi connectivity index (χ4n) is 1.49. The van der Waals surface area contributed by atoms with E-state index in [-0.39, 0.29) is 6.04 Å². The molecule has 84 valence electrons. The van der Waals surface area contributed by atoms with Gasteiger partial charge in [-0.15, -0.1) is 0 Å². The molecule has 4 nitrogen and oxygen atoms in total. The van der Waals surface area contributed by atoms with Crippen LogP contribution in [0.3, 0.4) is 0 Å². The van der Waals surface area contributed by atoms with Gasteiger partial charge in [-0.3, -0.25) is 10.1 Å². The molecule has 2 atom stereocenters. The zero-order valence-electron chi connectivity index (χ0n) is 9.06. The number of carbonyl (C=O) groups is 1. The molecule has 0 bridgehead atoms. The molecule has 0 saturated heterocycles. The summed E-state index contributed by atoms with van der Waals surface area (Å²) in [6.07, 6.45) is 3.05. The van der Waals surface area contributed by atoms with Gasteiger partial charge < -0.3 is 9.52 Å². The van der Waals surface area contributed by atoms with Crippen molar-refractivity contribution < 1.29 is 14.3 Å². The molecule has 0 aliphatic heterocycles. The number of furan rings is 1. The molecule has 1 rings (SSSR count). The number of carboxylic acid groups (broad SMARTS) is 1. The minimum absolute atomic E-state index is 0.0763. The molecule has 0 amide bonds. The molecule has 0 saturated carbocycles. The zero-order chi connectivity index (χ0) is 11.3. The Kier molecular flexibility index (Phi) is 4.37. The third kappa shape index (κ3) is 3.40. The van der Waals surface area contributed by atoms with Gasteiger partial charge in [0.05, 0.1) is 12.3 Å². The first kappa shape index (κ1) is 11.8. The van der Waals surface area contributed by atoms with E-state index in [4.69, 9.17) is 9.52 Å². The van der Waals surface area contributed by atoms with Crippen molar-refractivity contribution in [3.8, 4) is 0 Å². The fraction of sp³-hybridized carbons (Fsp3) is 0.545. The van der Waals surface area contributed by atoms with Gasteiger partial charge in [-0.25, -0.2) is 0 Å². The molecular formula is C11H17NO3. The molecule has 1 aromatic rings. The average molecular weight is 211 g/mol. The van der Waals surface area contributed by atoms with Gasteiger partial charge >= 0.3 is 5.97 Å². The van der Waals surface area contributed by atoms with Crippen LogP contribution in [-0.4, -0.2) is 17.1 Å². The van der Waals surface area contributed by atoms with Crippen LogP contribution in [0, 0.1) is 0 Å². The highest BCUT2D eigenvalue weighted by atomic mass is 16.4. The van der Waals surface area contributed by atoms with Gasteiger partial charge in [0.1, 0.15) is 11.8 Å². The van der Waals surface area contributed by atoms with Gasteiger partial charge in [0, 0.05) is 0 Å². The van der Waals surface area contributed by atoms with Crippen molar-refractivity contribution in [2.45, 2.75) is 38.8 Å². The SMILES string of the molecule is CCCC(N[C@@H](C)c1ccco1)C(=O)O. The third-order valence-electron chi connectivity index (χ3n) is 2.30. The highest BCUT2D eigenvalue weighted by Gasteiger charge is 2.20. The number of rotatable bonds is 6. The van der Waals surface area contributed by atoms with Gasteiger partial charge in [0.15, 0.2) is 0 Å². The maximum absolute atomic E-state index is 10.9. The van der Waals surface area contributed by atoms with E-state index in [0.29, 0.717) is 6.42 Å². The second kappa shape index (κ2) is 5.56. The van der Waals surface area contributed by atoms with E-state index in [1.165, 1.54) is 0 Å². The molecule has 15 heavy (non-hydrogen) atoms. The Morgan fingerprint density at radius 3 is 2.87 bits per heavy atom. The lowest BCUT2D eigenvalue weighted by Gasteiger charge is -2.17. The Labute approximate surface area is 89.3 Å². The van der Waals surface area contributed by atoms with Crippen LogP contribution in [0.5, 0.6) is 0 Å². The molecule has 2 N–H and O–H groups in total. The number of hydrogen-bond donors (Lipinski definition) is 2. The van der Waals surface area contributed by atoms with Crippen molar-refractivity contribution in [2.24, 2.45) is 0 Å². The van der Waals surface area contributed by atoms with Gasteiger partial charge in [-0.05, 0) is 25.5 Å². The van der Waals surface area contributed by atoms with E-state index < -0.39 is 12.0 Å². The minimum atomic E-state index is -0.810. The summed E-state index contributed by atoms with van der Waals surface area (Å²) < 4.78 is 5.20. The van der Waals surface area contributed by atoms with Gasteiger partial charge in [-0.1, -0.05) is 13.3 Å². The molecule has 1 unspecified atom stereocenters. The van der Waals surface area contributed by atoms with Crippen molar-refractivity contribution in [3.63, 3.8) is 0 Å². The van der Waals surface area contributed by atoms with Crippen LogP contribution in [0.4, 0.5) is 0 Å². The topological polar surface area (TPSA) is 62.5 Å². The summed E-state index contributed by atoms with van der Waals surface area (Å²) in [6, 6.07) is 3.05. The lowest BCUT2D eigenvalue weighted by atomic mass is 10.1. The standard InChI is InChI=1S/C11H17NO3/c1-3-5-9(11(13)14)12-8(2)10-6-4-7-15-10/h4,6-9,12H,3,5H2,1-2H3,(H,13,14)/t8-,9?/m0/s1. The largest absolute Gasteiger partial charge is 0.480 e. The summed E-state index contributed by atoms with van der Waals surface area (Å²) in [6.45, 7) is 3.86. The molecule has 0 fully saturated rings. The zero-order valence-corrected chi connectivity index (χ0v) is 9.06. The normalized spacial score (nSPS) is 14.8. The lowest BCUT2D eigenvalue weighted by molar-refractivity contribution is -0.139. The van der Waals surface area contributed by atoms with Crippen molar-refractivity contribution in [1.82, 2.24) is 5.32 Å². The van der Waals surface area contributed by atoms with Crippen LogP contribution in [-0.2, 0) is 4.79 Å². The van der Waals surface area contributed by atoms with Crippen LogP contribution in [0.25, 0.3) is 0 Å². The first-order valence-corrected chi connectivity index (χ1v) is 5.17. The number of carboxylic acids is 1. The summed E-state index contributed by atoms with van der Waals surface area (Å²) >= 11 is 0. The fourth-order valence-corrected chi connectivity index (χ4v) is 1.49. The minimum Gasteiger partial charge on any atom is -0.480 e. The Hall–Kier alpha value is -1.29. The van der Waals surface area contributed by atoms with Gasteiger partial charge in [-0.2, -0.15) is 0 Å². The quantitative estimate of drug-likeness (QED) is 0.757. The Morgan fingerprint density at radius 1 is 1.67 bits per heavy atom.